The van der Waals surface area contributed by atoms with Gasteiger partial charge in [0.05, 0.1) is 11.4 Å². The summed E-state index contributed by atoms with van der Waals surface area (Å²) in [5, 5.41) is 11.4. The van der Waals surface area contributed by atoms with E-state index in [0.29, 0.717) is 11.1 Å². The Bertz CT molecular complexity index is 1310. The minimum Gasteiger partial charge on any atom is -0.411 e. The number of hydrogen-bond acceptors (Lipinski definition) is 6. The zero-order chi connectivity index (χ0) is 23.8. The van der Waals surface area contributed by atoms with Gasteiger partial charge in [-0.2, -0.15) is 0 Å². The summed E-state index contributed by atoms with van der Waals surface area (Å²) >= 11 is 1.20. The molecule has 1 amide bonds. The Labute approximate surface area is 202 Å². The molecule has 3 aromatic carbocycles. The molecule has 0 fully saturated rings. The van der Waals surface area contributed by atoms with E-state index < -0.39 is 0 Å². The van der Waals surface area contributed by atoms with Gasteiger partial charge < -0.3 is 9.73 Å². The van der Waals surface area contributed by atoms with Gasteiger partial charge in [0.1, 0.15) is 0 Å². The smallest absolute Gasteiger partial charge is 0.277 e. The van der Waals surface area contributed by atoms with Crippen LogP contribution in [0.15, 0.2) is 93.5 Å². The van der Waals surface area contributed by atoms with E-state index in [4.69, 9.17) is 4.42 Å². The number of amides is 1. The minimum absolute atomic E-state index is 0.125. The molecule has 0 bridgehead atoms. The summed E-state index contributed by atoms with van der Waals surface area (Å²) in [5.74, 6) is 0.455. The van der Waals surface area contributed by atoms with E-state index in [9.17, 15) is 4.79 Å². The summed E-state index contributed by atoms with van der Waals surface area (Å²) in [6.45, 7) is 3.99. The predicted octanol–water partition coefficient (Wildman–Crippen LogP) is 6.50. The number of allylic oxidation sites excluding steroid dienone is 1. The maximum atomic E-state index is 12.3. The Morgan fingerprint density at radius 1 is 1.03 bits per heavy atom. The first-order valence-corrected chi connectivity index (χ1v) is 11.7. The number of carbonyl (C=O) groups is 1. The third kappa shape index (κ3) is 6.52. The van der Waals surface area contributed by atoms with Crippen molar-refractivity contribution >= 4 is 41.3 Å². The third-order valence-electron chi connectivity index (χ3n) is 4.90. The van der Waals surface area contributed by atoms with Crippen LogP contribution in [-0.2, 0) is 4.79 Å². The number of anilines is 1. The molecule has 0 radical (unpaired) electrons. The van der Waals surface area contributed by atoms with Gasteiger partial charge in [0, 0.05) is 17.5 Å². The van der Waals surface area contributed by atoms with Crippen molar-refractivity contribution in [2.24, 2.45) is 4.99 Å². The van der Waals surface area contributed by atoms with E-state index in [2.05, 4.69) is 20.5 Å². The number of aliphatic imine (C=N–C) groups is 1. The second-order valence-electron chi connectivity index (χ2n) is 7.62. The lowest BCUT2D eigenvalue weighted by Crippen LogP contribution is -2.14. The van der Waals surface area contributed by atoms with Crippen molar-refractivity contribution in [2.75, 3.05) is 11.1 Å². The molecule has 1 aromatic heterocycles. The zero-order valence-corrected chi connectivity index (χ0v) is 19.8. The number of nitrogens with zero attached hydrogens (tertiary/aromatic N) is 3. The lowest BCUT2D eigenvalue weighted by atomic mass is 10.1. The van der Waals surface area contributed by atoms with Crippen LogP contribution in [0.3, 0.4) is 0 Å². The van der Waals surface area contributed by atoms with Gasteiger partial charge in [0.25, 0.3) is 5.22 Å². The summed E-state index contributed by atoms with van der Waals surface area (Å²) in [4.78, 5) is 16.7. The molecule has 4 aromatic rings. The van der Waals surface area contributed by atoms with E-state index >= 15 is 0 Å². The van der Waals surface area contributed by atoms with E-state index in [1.54, 1.807) is 6.21 Å². The summed E-state index contributed by atoms with van der Waals surface area (Å²) in [6.07, 6.45) is 5.66. The maximum Gasteiger partial charge on any atom is 0.277 e. The highest BCUT2D eigenvalue weighted by atomic mass is 32.2. The number of nitrogens with one attached hydrogen (secondary N) is 1. The summed E-state index contributed by atoms with van der Waals surface area (Å²) in [7, 11) is 0. The van der Waals surface area contributed by atoms with Crippen molar-refractivity contribution in [2.45, 2.75) is 19.1 Å². The molecule has 6 nitrogen and oxygen atoms in total. The number of aromatic nitrogens is 2. The van der Waals surface area contributed by atoms with Crippen molar-refractivity contribution in [1.29, 1.82) is 0 Å². The largest absolute Gasteiger partial charge is 0.411 e. The Kier molecular flexibility index (Phi) is 7.67. The molecule has 0 aliphatic heterocycles. The number of thioether (sulfide) groups is 1. The molecular weight excluding hydrogens is 444 g/mol. The Morgan fingerprint density at radius 3 is 2.59 bits per heavy atom. The van der Waals surface area contributed by atoms with Crippen LogP contribution < -0.4 is 5.32 Å². The van der Waals surface area contributed by atoms with Gasteiger partial charge in [-0.05, 0) is 61.4 Å². The molecule has 34 heavy (non-hydrogen) atoms. The highest BCUT2D eigenvalue weighted by Crippen LogP contribution is 2.25. The second-order valence-corrected chi connectivity index (χ2v) is 8.55. The predicted molar refractivity (Wildman–Crippen MR) is 139 cm³/mol. The normalized spacial score (nSPS) is 11.4. The highest BCUT2D eigenvalue weighted by Gasteiger charge is 2.12. The molecule has 0 aliphatic rings. The van der Waals surface area contributed by atoms with Crippen LogP contribution in [-0.4, -0.2) is 28.1 Å². The minimum atomic E-state index is -0.125. The van der Waals surface area contributed by atoms with E-state index in [-0.39, 0.29) is 11.7 Å². The molecule has 0 saturated heterocycles. The van der Waals surface area contributed by atoms with Gasteiger partial charge in [0.2, 0.25) is 11.8 Å². The highest BCUT2D eigenvalue weighted by molar-refractivity contribution is 7.99. The van der Waals surface area contributed by atoms with Gasteiger partial charge in [-0.1, -0.05) is 65.9 Å². The van der Waals surface area contributed by atoms with Crippen LogP contribution in [0, 0.1) is 13.8 Å². The Hall–Kier alpha value is -3.97. The van der Waals surface area contributed by atoms with Gasteiger partial charge in [0.15, 0.2) is 0 Å². The van der Waals surface area contributed by atoms with Crippen LogP contribution >= 0.6 is 11.8 Å². The van der Waals surface area contributed by atoms with Gasteiger partial charge in [-0.15, -0.1) is 10.2 Å². The SMILES string of the molecule is Cc1ccc(NC(=O)CSc2nnc(-c3ccc(N=C/C=C/c4ccccc4)cc3)o2)c(C)c1. The van der Waals surface area contributed by atoms with E-state index in [0.717, 1.165) is 33.6 Å². The standard InChI is InChI=1S/C27H24N4O2S/c1-19-10-15-24(20(2)17-19)29-25(32)18-34-27-31-30-26(33-27)22-11-13-23(14-12-22)28-16-6-9-21-7-4-3-5-8-21/h3-17H,18H2,1-2H3,(H,29,32)/b9-6+,28-16?. The van der Waals surface area contributed by atoms with Crippen molar-refractivity contribution in [3.05, 3.63) is 95.6 Å². The molecule has 7 heteroatoms. The number of carbonyl (C=O) groups excluding carboxylic acids is 1. The maximum absolute atomic E-state index is 12.3. The van der Waals surface area contributed by atoms with Gasteiger partial charge in [-0.3, -0.25) is 9.79 Å². The van der Waals surface area contributed by atoms with Crippen molar-refractivity contribution in [3.8, 4) is 11.5 Å². The van der Waals surface area contributed by atoms with Crippen LogP contribution in [0.4, 0.5) is 11.4 Å². The fourth-order valence-corrected chi connectivity index (χ4v) is 3.75. The molecule has 170 valence electrons. The van der Waals surface area contributed by atoms with Gasteiger partial charge >= 0.3 is 0 Å². The number of benzene rings is 3. The van der Waals surface area contributed by atoms with Gasteiger partial charge in [-0.25, -0.2) is 0 Å². The lowest BCUT2D eigenvalue weighted by Gasteiger charge is -2.08. The third-order valence-corrected chi connectivity index (χ3v) is 5.72. The number of aryl methyl sites for hydroxylation is 2. The molecule has 0 saturated carbocycles. The number of rotatable bonds is 8. The summed E-state index contributed by atoms with van der Waals surface area (Å²) in [6, 6.07) is 23.5. The van der Waals surface area contributed by atoms with Crippen molar-refractivity contribution in [3.63, 3.8) is 0 Å². The molecule has 4 rings (SSSR count). The molecular formula is C27H24N4O2S. The van der Waals surface area contributed by atoms with E-state index in [1.165, 1.54) is 11.8 Å². The van der Waals surface area contributed by atoms with Crippen molar-refractivity contribution < 1.29 is 9.21 Å². The monoisotopic (exact) mass is 468 g/mol. The lowest BCUT2D eigenvalue weighted by molar-refractivity contribution is -0.113. The first-order valence-electron chi connectivity index (χ1n) is 10.8. The van der Waals surface area contributed by atoms with Crippen LogP contribution in [0.1, 0.15) is 16.7 Å². The first kappa shape index (κ1) is 23.2. The molecule has 0 aliphatic carbocycles. The van der Waals surface area contributed by atoms with Crippen LogP contribution in [0.5, 0.6) is 0 Å². The van der Waals surface area contributed by atoms with Crippen LogP contribution in [0.2, 0.25) is 0 Å². The topological polar surface area (TPSA) is 80.4 Å². The Morgan fingerprint density at radius 2 is 1.82 bits per heavy atom. The zero-order valence-electron chi connectivity index (χ0n) is 18.9. The van der Waals surface area contributed by atoms with Crippen LogP contribution in [0.25, 0.3) is 17.5 Å². The molecule has 0 unspecified atom stereocenters. The fraction of sp³-hybridized carbons (Fsp3) is 0.111. The first-order chi connectivity index (χ1) is 16.6. The van der Waals surface area contributed by atoms with E-state index in [1.807, 2.05) is 98.8 Å². The Balaban J connectivity index is 1.29. The van der Waals surface area contributed by atoms with Crippen molar-refractivity contribution in [1.82, 2.24) is 10.2 Å². The molecule has 0 spiro atoms. The fourth-order valence-electron chi connectivity index (χ4n) is 3.19. The average Bonchev–Trinajstić information content (AvgIpc) is 3.33. The quantitative estimate of drug-likeness (QED) is 0.236. The second kappa shape index (κ2) is 11.2. The molecule has 0 atom stereocenters. The average molecular weight is 469 g/mol. The summed E-state index contributed by atoms with van der Waals surface area (Å²) in [5.41, 5.74) is 5.72. The molecule has 1 N–H and O–H groups in total. The molecule has 1 heterocycles. The summed E-state index contributed by atoms with van der Waals surface area (Å²) < 4.78 is 5.71. The number of hydrogen-bond donors (Lipinski definition) is 1.